The maximum absolute atomic E-state index is 10.7. The average molecular weight is 265 g/mol. The molecule has 0 aliphatic heterocycles. The van der Waals surface area contributed by atoms with Crippen molar-refractivity contribution in [2.45, 2.75) is 26.4 Å². The van der Waals surface area contributed by atoms with Crippen LogP contribution in [0.3, 0.4) is 0 Å². The molecule has 0 spiro atoms. The van der Waals surface area contributed by atoms with Crippen LogP contribution in [0.15, 0.2) is 28.0 Å². The quantitative estimate of drug-likeness (QED) is 0.871. The maximum atomic E-state index is 10.7. The number of hydrogen-bond acceptors (Lipinski definition) is 4. The topological polar surface area (TPSA) is 62.5 Å². The summed E-state index contributed by atoms with van der Waals surface area (Å²) < 4.78 is 5.25. The number of rotatable bonds is 5. The molecule has 0 aliphatic rings. The zero-order chi connectivity index (χ0) is 13.1. The Morgan fingerprint density at radius 1 is 1.50 bits per heavy atom. The van der Waals surface area contributed by atoms with Crippen LogP contribution in [0.4, 0.5) is 0 Å². The molecular formula is C13H15NO3S. The standard InChI is InChI=1S/C13H15NO3S/c1-8-5-6-18-12(8)7-14-9(2)10-3-4-11(17-10)13(15)16/h3-6,9,14H,7H2,1-2H3,(H,15,16). The van der Waals surface area contributed by atoms with Gasteiger partial charge in [0.1, 0.15) is 5.76 Å². The highest BCUT2D eigenvalue weighted by atomic mass is 32.1. The predicted molar refractivity (Wildman–Crippen MR) is 70.0 cm³/mol. The number of nitrogens with one attached hydrogen (secondary N) is 1. The van der Waals surface area contributed by atoms with E-state index in [-0.39, 0.29) is 11.8 Å². The Morgan fingerprint density at radius 2 is 2.28 bits per heavy atom. The zero-order valence-corrected chi connectivity index (χ0v) is 11.1. The van der Waals surface area contributed by atoms with Gasteiger partial charge >= 0.3 is 5.97 Å². The van der Waals surface area contributed by atoms with Crippen molar-refractivity contribution < 1.29 is 14.3 Å². The van der Waals surface area contributed by atoms with Crippen molar-refractivity contribution in [2.75, 3.05) is 0 Å². The van der Waals surface area contributed by atoms with E-state index >= 15 is 0 Å². The maximum Gasteiger partial charge on any atom is 0.371 e. The van der Waals surface area contributed by atoms with Gasteiger partial charge < -0.3 is 14.8 Å². The third kappa shape index (κ3) is 2.80. The highest BCUT2D eigenvalue weighted by molar-refractivity contribution is 7.10. The van der Waals surface area contributed by atoms with E-state index in [4.69, 9.17) is 9.52 Å². The van der Waals surface area contributed by atoms with E-state index < -0.39 is 5.97 Å². The van der Waals surface area contributed by atoms with Gasteiger partial charge in [0.25, 0.3) is 0 Å². The molecule has 0 aromatic carbocycles. The monoisotopic (exact) mass is 265 g/mol. The number of carbonyl (C=O) groups is 1. The first-order valence-corrected chi connectivity index (χ1v) is 6.55. The minimum Gasteiger partial charge on any atom is -0.475 e. The molecule has 2 aromatic rings. The highest BCUT2D eigenvalue weighted by Crippen LogP contribution is 2.19. The number of aryl methyl sites for hydroxylation is 1. The molecule has 2 heterocycles. The third-order valence-electron chi connectivity index (χ3n) is 2.80. The van der Waals surface area contributed by atoms with E-state index in [1.54, 1.807) is 17.4 Å². The summed E-state index contributed by atoms with van der Waals surface area (Å²) in [5.74, 6) is -0.421. The largest absolute Gasteiger partial charge is 0.475 e. The molecular weight excluding hydrogens is 250 g/mol. The summed E-state index contributed by atoms with van der Waals surface area (Å²) in [6.45, 7) is 4.79. The lowest BCUT2D eigenvalue weighted by Crippen LogP contribution is -2.17. The lowest BCUT2D eigenvalue weighted by atomic mass is 10.2. The van der Waals surface area contributed by atoms with E-state index in [1.165, 1.54) is 16.5 Å². The molecule has 18 heavy (non-hydrogen) atoms. The molecule has 0 saturated heterocycles. The van der Waals surface area contributed by atoms with E-state index in [0.717, 1.165) is 6.54 Å². The van der Waals surface area contributed by atoms with Crippen molar-refractivity contribution in [1.82, 2.24) is 5.32 Å². The first-order valence-electron chi connectivity index (χ1n) is 5.67. The van der Waals surface area contributed by atoms with Crippen molar-refractivity contribution in [3.8, 4) is 0 Å². The molecule has 0 fully saturated rings. The molecule has 5 heteroatoms. The average Bonchev–Trinajstić information content (AvgIpc) is 2.94. The highest BCUT2D eigenvalue weighted by Gasteiger charge is 2.14. The second kappa shape index (κ2) is 5.37. The minimum atomic E-state index is -1.04. The molecule has 1 unspecified atom stereocenters. The van der Waals surface area contributed by atoms with Crippen LogP contribution in [0.25, 0.3) is 0 Å². The summed E-state index contributed by atoms with van der Waals surface area (Å²) in [6, 6.07) is 5.25. The summed E-state index contributed by atoms with van der Waals surface area (Å²) in [5, 5.41) is 14.2. The van der Waals surface area contributed by atoms with Gasteiger partial charge in [0.05, 0.1) is 6.04 Å². The smallest absolute Gasteiger partial charge is 0.371 e. The predicted octanol–water partition coefficient (Wildman–Crippen LogP) is 3.20. The van der Waals surface area contributed by atoms with Gasteiger partial charge in [0.15, 0.2) is 0 Å². The Hall–Kier alpha value is -1.59. The van der Waals surface area contributed by atoms with Crippen LogP contribution in [-0.2, 0) is 6.54 Å². The van der Waals surface area contributed by atoms with Gasteiger partial charge in [0.2, 0.25) is 5.76 Å². The van der Waals surface area contributed by atoms with Crippen molar-refractivity contribution in [3.63, 3.8) is 0 Å². The number of carboxylic acids is 1. The van der Waals surface area contributed by atoms with Crippen LogP contribution in [0, 0.1) is 6.92 Å². The molecule has 2 N–H and O–H groups in total. The molecule has 0 aliphatic carbocycles. The zero-order valence-electron chi connectivity index (χ0n) is 10.3. The van der Waals surface area contributed by atoms with Gasteiger partial charge in [-0.1, -0.05) is 0 Å². The normalized spacial score (nSPS) is 12.6. The van der Waals surface area contributed by atoms with Gasteiger partial charge in [-0.25, -0.2) is 4.79 Å². The fourth-order valence-corrected chi connectivity index (χ4v) is 2.49. The van der Waals surface area contributed by atoms with E-state index in [2.05, 4.69) is 23.7 Å². The minimum absolute atomic E-state index is 0.0143. The summed E-state index contributed by atoms with van der Waals surface area (Å²) in [5.41, 5.74) is 1.27. The van der Waals surface area contributed by atoms with Crippen molar-refractivity contribution in [3.05, 3.63) is 45.5 Å². The summed E-state index contributed by atoms with van der Waals surface area (Å²) >= 11 is 1.71. The second-order valence-corrected chi connectivity index (χ2v) is 5.14. The SMILES string of the molecule is Cc1ccsc1CNC(C)c1ccc(C(=O)O)o1. The first kappa shape index (κ1) is 12.9. The Kier molecular flexibility index (Phi) is 3.84. The fourth-order valence-electron chi connectivity index (χ4n) is 1.63. The van der Waals surface area contributed by atoms with Gasteiger partial charge in [-0.2, -0.15) is 0 Å². The molecule has 0 amide bonds. The van der Waals surface area contributed by atoms with Crippen LogP contribution < -0.4 is 5.32 Å². The van der Waals surface area contributed by atoms with Crippen LogP contribution >= 0.6 is 11.3 Å². The lowest BCUT2D eigenvalue weighted by molar-refractivity contribution is 0.0659. The number of carboxylic acid groups (broad SMARTS) is 1. The Bertz CT molecular complexity index is 544. The van der Waals surface area contributed by atoms with E-state index in [9.17, 15) is 4.79 Å². The summed E-state index contributed by atoms with van der Waals surface area (Å²) in [6.07, 6.45) is 0. The van der Waals surface area contributed by atoms with Gasteiger partial charge in [-0.15, -0.1) is 11.3 Å². The molecule has 0 radical (unpaired) electrons. The van der Waals surface area contributed by atoms with Crippen LogP contribution in [0.5, 0.6) is 0 Å². The Labute approximate surface area is 109 Å². The molecule has 96 valence electrons. The number of thiophene rings is 1. The molecule has 0 saturated carbocycles. The third-order valence-corrected chi connectivity index (χ3v) is 3.82. The Balaban J connectivity index is 1.97. The fraction of sp³-hybridized carbons (Fsp3) is 0.308. The summed E-state index contributed by atoms with van der Waals surface area (Å²) in [7, 11) is 0. The van der Waals surface area contributed by atoms with Gasteiger partial charge in [0, 0.05) is 11.4 Å². The van der Waals surface area contributed by atoms with Crippen molar-refractivity contribution in [1.29, 1.82) is 0 Å². The van der Waals surface area contributed by atoms with E-state index in [0.29, 0.717) is 5.76 Å². The second-order valence-electron chi connectivity index (χ2n) is 4.14. The number of furan rings is 1. The Morgan fingerprint density at radius 3 is 2.83 bits per heavy atom. The molecule has 1 atom stereocenters. The van der Waals surface area contributed by atoms with Crippen LogP contribution in [0.1, 0.15) is 39.7 Å². The summed E-state index contributed by atoms with van der Waals surface area (Å²) in [4.78, 5) is 12.0. The van der Waals surface area contributed by atoms with E-state index in [1.807, 2.05) is 6.92 Å². The molecule has 4 nitrogen and oxygen atoms in total. The first-order chi connectivity index (χ1) is 8.58. The number of aromatic carboxylic acids is 1. The molecule has 2 rings (SSSR count). The van der Waals surface area contributed by atoms with Gasteiger partial charge in [-0.05, 0) is 43.0 Å². The number of hydrogen-bond donors (Lipinski definition) is 2. The molecule has 0 bridgehead atoms. The van der Waals surface area contributed by atoms with Crippen LogP contribution in [-0.4, -0.2) is 11.1 Å². The van der Waals surface area contributed by atoms with Crippen molar-refractivity contribution in [2.24, 2.45) is 0 Å². The van der Waals surface area contributed by atoms with Gasteiger partial charge in [-0.3, -0.25) is 0 Å². The lowest BCUT2D eigenvalue weighted by Gasteiger charge is -2.10. The van der Waals surface area contributed by atoms with Crippen molar-refractivity contribution >= 4 is 17.3 Å². The van der Waals surface area contributed by atoms with Crippen LogP contribution in [0.2, 0.25) is 0 Å². The molecule has 2 aromatic heterocycles.